The Morgan fingerprint density at radius 3 is 2.78 bits per heavy atom. The molecule has 1 aromatic carbocycles. The number of carboxylic acids is 1. The van der Waals surface area contributed by atoms with Crippen molar-refractivity contribution in [1.29, 1.82) is 5.26 Å². The van der Waals surface area contributed by atoms with Gasteiger partial charge in [0.2, 0.25) is 0 Å². The number of nitriles is 1. The number of ketones is 1. The molecule has 2 aromatic rings. The minimum Gasteiger partial charge on any atom is -0.481 e. The summed E-state index contributed by atoms with van der Waals surface area (Å²) >= 11 is 0. The monoisotopic (exact) mass is 242 g/mol. The first-order chi connectivity index (χ1) is 8.61. The number of nitrogens with one attached hydrogen (secondary N) is 1. The predicted octanol–water partition coefficient (Wildman–Crippen LogP) is 2.09. The van der Waals surface area contributed by atoms with Gasteiger partial charge in [-0.25, -0.2) is 0 Å². The minimum absolute atomic E-state index is 0.0426. The van der Waals surface area contributed by atoms with Crippen molar-refractivity contribution in [3.05, 3.63) is 35.5 Å². The predicted molar refractivity (Wildman–Crippen MR) is 64.2 cm³/mol. The topological polar surface area (TPSA) is 94.0 Å². The van der Waals surface area contributed by atoms with Gasteiger partial charge in [-0.15, -0.1) is 0 Å². The van der Waals surface area contributed by atoms with Gasteiger partial charge in [-0.3, -0.25) is 9.59 Å². The molecule has 1 heterocycles. The van der Waals surface area contributed by atoms with Crippen molar-refractivity contribution in [2.45, 2.75) is 12.8 Å². The molecule has 0 fully saturated rings. The summed E-state index contributed by atoms with van der Waals surface area (Å²) in [6.07, 6.45) is 1.32. The number of nitrogens with zero attached hydrogens (tertiary/aromatic N) is 1. The van der Waals surface area contributed by atoms with Crippen molar-refractivity contribution in [3.8, 4) is 6.07 Å². The molecule has 0 aliphatic carbocycles. The molecule has 0 unspecified atom stereocenters. The summed E-state index contributed by atoms with van der Waals surface area (Å²) in [6, 6.07) is 7.01. The molecule has 0 bridgehead atoms. The zero-order valence-corrected chi connectivity index (χ0v) is 9.43. The number of carbonyl (C=O) groups excluding carboxylic acids is 1. The molecular weight excluding hydrogens is 232 g/mol. The molecular formula is C13H10N2O3. The summed E-state index contributed by atoms with van der Waals surface area (Å²) in [5.74, 6) is -1.24. The SMILES string of the molecule is N#Cc1ccc2[nH]cc(C(=O)CCC(=O)O)c2c1. The number of aliphatic carboxylic acids is 1. The third-order valence-electron chi connectivity index (χ3n) is 2.68. The van der Waals surface area contributed by atoms with Crippen molar-refractivity contribution < 1.29 is 14.7 Å². The maximum Gasteiger partial charge on any atom is 0.303 e. The molecule has 0 radical (unpaired) electrons. The number of Topliss-reactive ketones (excluding diaryl/α,β-unsaturated/α-hetero) is 1. The molecule has 2 N–H and O–H groups in total. The van der Waals surface area contributed by atoms with Crippen LogP contribution in [0.1, 0.15) is 28.8 Å². The van der Waals surface area contributed by atoms with Crippen molar-refractivity contribution >= 4 is 22.7 Å². The van der Waals surface area contributed by atoms with E-state index < -0.39 is 5.97 Å². The average molecular weight is 242 g/mol. The first-order valence-electron chi connectivity index (χ1n) is 5.38. The van der Waals surface area contributed by atoms with E-state index in [0.717, 1.165) is 5.52 Å². The lowest BCUT2D eigenvalue weighted by molar-refractivity contribution is -0.136. The van der Waals surface area contributed by atoms with E-state index in [0.29, 0.717) is 16.5 Å². The molecule has 0 aliphatic heterocycles. The first kappa shape index (κ1) is 11.9. The number of aromatic amines is 1. The van der Waals surface area contributed by atoms with Crippen LogP contribution >= 0.6 is 0 Å². The normalized spacial score (nSPS) is 10.2. The number of carboxylic acid groups (broad SMARTS) is 1. The Bertz CT molecular complexity index is 664. The van der Waals surface area contributed by atoms with Crippen molar-refractivity contribution in [3.63, 3.8) is 0 Å². The fraction of sp³-hybridized carbons (Fsp3) is 0.154. The molecule has 0 atom stereocenters. The number of carbonyl (C=O) groups is 2. The van der Waals surface area contributed by atoms with Crippen LogP contribution in [0, 0.1) is 11.3 Å². The zero-order valence-electron chi connectivity index (χ0n) is 9.43. The van der Waals surface area contributed by atoms with E-state index in [1.165, 1.54) is 0 Å². The highest BCUT2D eigenvalue weighted by Crippen LogP contribution is 2.21. The fourth-order valence-electron chi connectivity index (χ4n) is 1.78. The van der Waals surface area contributed by atoms with Gasteiger partial charge in [-0.2, -0.15) is 5.26 Å². The summed E-state index contributed by atoms with van der Waals surface area (Å²) < 4.78 is 0. The molecule has 1 aromatic heterocycles. The van der Waals surface area contributed by atoms with Crippen LogP contribution in [-0.2, 0) is 4.79 Å². The van der Waals surface area contributed by atoms with Crippen LogP contribution in [0.2, 0.25) is 0 Å². The van der Waals surface area contributed by atoms with Crippen LogP contribution in [0.25, 0.3) is 10.9 Å². The van der Waals surface area contributed by atoms with Gasteiger partial charge in [0, 0.05) is 29.1 Å². The molecule has 18 heavy (non-hydrogen) atoms. The van der Waals surface area contributed by atoms with E-state index >= 15 is 0 Å². The van der Waals surface area contributed by atoms with Gasteiger partial charge in [0.05, 0.1) is 18.1 Å². The van der Waals surface area contributed by atoms with Crippen molar-refractivity contribution in [1.82, 2.24) is 4.98 Å². The lowest BCUT2D eigenvalue weighted by Gasteiger charge is -1.97. The van der Waals surface area contributed by atoms with Crippen LogP contribution < -0.4 is 0 Å². The average Bonchev–Trinajstić information content (AvgIpc) is 2.78. The standard InChI is InChI=1S/C13H10N2O3/c14-6-8-1-2-11-9(5-8)10(7-15-11)12(16)3-4-13(17)18/h1-2,5,7,15H,3-4H2,(H,17,18). The highest BCUT2D eigenvalue weighted by atomic mass is 16.4. The molecule has 0 saturated carbocycles. The molecule has 90 valence electrons. The summed E-state index contributed by atoms with van der Waals surface area (Å²) in [7, 11) is 0. The second kappa shape index (κ2) is 4.72. The number of hydrogen-bond donors (Lipinski definition) is 2. The maximum absolute atomic E-state index is 11.9. The van der Waals surface area contributed by atoms with Gasteiger partial charge in [-0.1, -0.05) is 0 Å². The van der Waals surface area contributed by atoms with E-state index in [-0.39, 0.29) is 18.6 Å². The number of rotatable bonds is 4. The molecule has 0 aliphatic rings. The number of H-pyrrole nitrogens is 1. The smallest absolute Gasteiger partial charge is 0.303 e. The van der Waals surface area contributed by atoms with Crippen LogP contribution in [0.15, 0.2) is 24.4 Å². The van der Waals surface area contributed by atoms with E-state index in [9.17, 15) is 9.59 Å². The molecule has 2 rings (SSSR count). The van der Waals surface area contributed by atoms with Crippen LogP contribution in [0.4, 0.5) is 0 Å². The third-order valence-corrected chi connectivity index (χ3v) is 2.68. The Labute approximate surface area is 103 Å². The number of benzene rings is 1. The van der Waals surface area contributed by atoms with Gasteiger partial charge in [-0.05, 0) is 18.2 Å². The highest BCUT2D eigenvalue weighted by Gasteiger charge is 2.13. The summed E-state index contributed by atoms with van der Waals surface area (Å²) in [6.45, 7) is 0. The van der Waals surface area contributed by atoms with Gasteiger partial charge >= 0.3 is 5.97 Å². The first-order valence-corrected chi connectivity index (χ1v) is 5.38. The maximum atomic E-state index is 11.9. The lowest BCUT2D eigenvalue weighted by atomic mass is 10.0. The molecule has 5 heteroatoms. The minimum atomic E-state index is -0.999. The molecule has 0 spiro atoms. The number of hydrogen-bond acceptors (Lipinski definition) is 3. The second-order valence-corrected chi connectivity index (χ2v) is 3.89. The largest absolute Gasteiger partial charge is 0.481 e. The summed E-state index contributed by atoms with van der Waals surface area (Å²) in [5.41, 5.74) is 1.66. The lowest BCUT2D eigenvalue weighted by Crippen LogP contribution is -2.03. The Hall–Kier alpha value is -2.61. The van der Waals surface area contributed by atoms with E-state index in [2.05, 4.69) is 4.98 Å². The van der Waals surface area contributed by atoms with Gasteiger partial charge < -0.3 is 10.1 Å². The quantitative estimate of drug-likeness (QED) is 0.802. The highest BCUT2D eigenvalue weighted by molar-refractivity contribution is 6.08. The van der Waals surface area contributed by atoms with Crippen LogP contribution in [0.5, 0.6) is 0 Å². The van der Waals surface area contributed by atoms with Crippen molar-refractivity contribution in [2.24, 2.45) is 0 Å². The van der Waals surface area contributed by atoms with Gasteiger partial charge in [0.1, 0.15) is 0 Å². The van der Waals surface area contributed by atoms with Gasteiger partial charge in [0.15, 0.2) is 5.78 Å². The zero-order chi connectivity index (χ0) is 13.1. The Morgan fingerprint density at radius 1 is 1.33 bits per heavy atom. The van der Waals surface area contributed by atoms with Crippen molar-refractivity contribution in [2.75, 3.05) is 0 Å². The molecule has 0 amide bonds. The van der Waals surface area contributed by atoms with Crippen LogP contribution in [-0.4, -0.2) is 21.8 Å². The van der Waals surface area contributed by atoms with E-state index in [4.69, 9.17) is 10.4 Å². The van der Waals surface area contributed by atoms with E-state index in [1.54, 1.807) is 24.4 Å². The number of aromatic nitrogens is 1. The van der Waals surface area contributed by atoms with Gasteiger partial charge in [0.25, 0.3) is 0 Å². The molecule has 0 saturated heterocycles. The van der Waals surface area contributed by atoms with Crippen LogP contribution in [0.3, 0.4) is 0 Å². The van der Waals surface area contributed by atoms with E-state index in [1.807, 2.05) is 6.07 Å². The third kappa shape index (κ3) is 2.23. The number of fused-ring (bicyclic) bond motifs is 1. The Morgan fingerprint density at radius 2 is 2.11 bits per heavy atom. The molecule has 5 nitrogen and oxygen atoms in total. The second-order valence-electron chi connectivity index (χ2n) is 3.89. The summed E-state index contributed by atoms with van der Waals surface area (Å²) in [4.78, 5) is 25.2. The summed E-state index contributed by atoms with van der Waals surface area (Å²) in [5, 5.41) is 18.0. The Balaban J connectivity index is 2.36. The Kier molecular flexibility index (Phi) is 3.11. The fourth-order valence-corrected chi connectivity index (χ4v) is 1.78.